The molecular weight excluding hydrogens is 460 g/mol. The zero-order valence-electron chi connectivity index (χ0n) is 20.5. The Hall–Kier alpha value is -4.05. The maximum atomic E-state index is 13.7. The highest BCUT2D eigenvalue weighted by atomic mass is 16.5. The molecule has 1 aliphatic carbocycles. The number of nitrogens with zero attached hydrogens (tertiary/aromatic N) is 5. The highest BCUT2D eigenvalue weighted by molar-refractivity contribution is 6.07. The number of carbonyl (C=O) groups is 2. The monoisotopic (exact) mass is 488 g/mol. The first-order valence-electron chi connectivity index (χ1n) is 11.9. The molecule has 0 bridgehead atoms. The van der Waals surface area contributed by atoms with Crippen LogP contribution in [0.25, 0.3) is 22.4 Å². The molecule has 1 saturated carbocycles. The number of carbonyl (C=O) groups excluding carboxylic acids is 2. The quantitative estimate of drug-likeness (QED) is 0.402. The van der Waals surface area contributed by atoms with Crippen LogP contribution in [0.4, 0.5) is 5.69 Å². The number of methoxy groups -OCH3 is 1. The van der Waals surface area contributed by atoms with E-state index in [4.69, 9.17) is 14.2 Å². The highest BCUT2D eigenvalue weighted by Gasteiger charge is 2.28. The number of imidazole rings is 1. The van der Waals surface area contributed by atoms with Crippen molar-refractivity contribution in [2.45, 2.75) is 31.7 Å². The third-order valence-corrected chi connectivity index (χ3v) is 6.48. The van der Waals surface area contributed by atoms with E-state index in [9.17, 15) is 9.59 Å². The van der Waals surface area contributed by atoms with E-state index in [0.717, 1.165) is 29.7 Å². The largest absolute Gasteiger partial charge is 0.375 e. The minimum atomic E-state index is -0.307. The first-order chi connectivity index (χ1) is 17.4. The summed E-state index contributed by atoms with van der Waals surface area (Å²) in [6.45, 7) is 0.0471. The maximum Gasteiger partial charge on any atom is 0.256 e. The van der Waals surface area contributed by atoms with Crippen molar-refractivity contribution in [2.24, 2.45) is 7.05 Å². The Morgan fingerprint density at radius 2 is 1.97 bits per heavy atom. The van der Waals surface area contributed by atoms with Gasteiger partial charge in [-0.05, 0) is 25.0 Å². The van der Waals surface area contributed by atoms with Crippen LogP contribution in [0.15, 0.2) is 47.0 Å². The van der Waals surface area contributed by atoms with Crippen LogP contribution in [-0.2, 0) is 23.1 Å². The van der Waals surface area contributed by atoms with Gasteiger partial charge in [0, 0.05) is 38.4 Å². The Labute approximate surface area is 208 Å². The smallest absolute Gasteiger partial charge is 0.256 e. The molecule has 0 spiro atoms. The molecule has 0 atom stereocenters. The molecule has 0 unspecified atom stereocenters. The second kappa shape index (κ2) is 9.90. The molecule has 10 heteroatoms. The van der Waals surface area contributed by atoms with E-state index in [1.54, 1.807) is 19.2 Å². The van der Waals surface area contributed by atoms with Gasteiger partial charge in [0.1, 0.15) is 12.4 Å². The van der Waals surface area contributed by atoms with Crippen molar-refractivity contribution in [1.29, 1.82) is 0 Å². The first-order valence-corrected chi connectivity index (χ1v) is 11.9. The number of hydrogen-bond donors (Lipinski definition) is 1. The van der Waals surface area contributed by atoms with E-state index in [-0.39, 0.29) is 25.0 Å². The van der Waals surface area contributed by atoms with Crippen molar-refractivity contribution >= 4 is 28.5 Å². The van der Waals surface area contributed by atoms with Crippen molar-refractivity contribution in [2.75, 3.05) is 26.1 Å². The summed E-state index contributed by atoms with van der Waals surface area (Å²) in [7, 11) is 5.07. The lowest BCUT2D eigenvalue weighted by Gasteiger charge is -2.24. The lowest BCUT2D eigenvalue weighted by molar-refractivity contribution is -0.119. The van der Waals surface area contributed by atoms with E-state index >= 15 is 0 Å². The summed E-state index contributed by atoms with van der Waals surface area (Å²) in [4.78, 5) is 36.7. The number of anilines is 1. The standard InChI is InChI=1S/C26H28N6O4/c1-31(14-22-29-24(30-36-22)16-8-5-4-6-9-16)26(34)19-12-18(27-21(33)15-35-3)13-20-23(19)32(2)25(28-20)17-10-7-11-17/h4-6,8-9,12-13,17H,7,10-11,14-15H2,1-3H3,(H,27,33). The molecule has 2 amide bonds. The second-order valence-corrected chi connectivity index (χ2v) is 9.07. The van der Waals surface area contributed by atoms with Crippen molar-refractivity contribution in [3.63, 3.8) is 0 Å². The number of hydrogen-bond acceptors (Lipinski definition) is 7. The summed E-state index contributed by atoms with van der Waals surface area (Å²) in [5.41, 5.74) is 3.15. The topological polar surface area (TPSA) is 115 Å². The predicted molar refractivity (Wildman–Crippen MR) is 133 cm³/mol. The number of nitrogens with one attached hydrogen (secondary N) is 1. The third-order valence-electron chi connectivity index (χ3n) is 6.48. The maximum absolute atomic E-state index is 13.7. The molecule has 0 radical (unpaired) electrons. The van der Waals surface area contributed by atoms with Gasteiger partial charge in [-0.1, -0.05) is 41.9 Å². The molecule has 2 aromatic carbocycles. The molecule has 2 aromatic heterocycles. The Morgan fingerprint density at radius 1 is 1.19 bits per heavy atom. The number of ether oxygens (including phenoxy) is 1. The zero-order chi connectivity index (χ0) is 25.2. The van der Waals surface area contributed by atoms with E-state index < -0.39 is 0 Å². The van der Waals surface area contributed by atoms with Crippen LogP contribution >= 0.6 is 0 Å². The average molecular weight is 489 g/mol. The summed E-state index contributed by atoms with van der Waals surface area (Å²) in [5, 5.41) is 6.84. The minimum absolute atomic E-state index is 0.0856. The van der Waals surface area contributed by atoms with Gasteiger partial charge in [0.25, 0.3) is 5.91 Å². The summed E-state index contributed by atoms with van der Waals surface area (Å²) in [6, 6.07) is 13.0. The van der Waals surface area contributed by atoms with Crippen LogP contribution in [-0.4, -0.2) is 57.2 Å². The fourth-order valence-corrected chi connectivity index (χ4v) is 4.47. The summed E-state index contributed by atoms with van der Waals surface area (Å²) < 4.78 is 12.3. The van der Waals surface area contributed by atoms with Crippen LogP contribution in [0, 0.1) is 0 Å². The van der Waals surface area contributed by atoms with Crippen LogP contribution in [0.5, 0.6) is 0 Å². The highest BCUT2D eigenvalue weighted by Crippen LogP contribution is 2.38. The van der Waals surface area contributed by atoms with E-state index in [0.29, 0.717) is 34.4 Å². The normalized spacial score (nSPS) is 13.5. The molecule has 1 N–H and O–H groups in total. The van der Waals surface area contributed by atoms with Crippen LogP contribution in [0.1, 0.15) is 47.3 Å². The number of benzene rings is 2. The van der Waals surface area contributed by atoms with Crippen molar-refractivity contribution < 1.29 is 18.8 Å². The van der Waals surface area contributed by atoms with Crippen molar-refractivity contribution in [1.82, 2.24) is 24.6 Å². The number of aryl methyl sites for hydroxylation is 1. The predicted octanol–water partition coefficient (Wildman–Crippen LogP) is 3.75. The molecule has 186 valence electrons. The van der Waals surface area contributed by atoms with E-state index in [1.165, 1.54) is 18.4 Å². The SMILES string of the molecule is COCC(=O)Nc1cc(C(=O)N(C)Cc2nc(-c3ccccc3)no2)c2c(c1)nc(C1CCC1)n2C. The van der Waals surface area contributed by atoms with Gasteiger partial charge >= 0.3 is 0 Å². The van der Waals surface area contributed by atoms with Crippen molar-refractivity contribution in [3.8, 4) is 11.4 Å². The Morgan fingerprint density at radius 3 is 2.67 bits per heavy atom. The van der Waals surface area contributed by atoms with Crippen LogP contribution in [0.3, 0.4) is 0 Å². The number of aromatic nitrogens is 4. The minimum Gasteiger partial charge on any atom is -0.375 e. The second-order valence-electron chi connectivity index (χ2n) is 9.07. The van der Waals surface area contributed by atoms with Crippen molar-refractivity contribution in [3.05, 3.63) is 59.7 Å². The molecule has 36 heavy (non-hydrogen) atoms. The molecule has 10 nitrogen and oxygen atoms in total. The van der Waals surface area contributed by atoms with E-state index in [2.05, 4.69) is 15.5 Å². The van der Waals surface area contributed by atoms with Gasteiger partial charge in [0.05, 0.1) is 23.1 Å². The first kappa shape index (κ1) is 23.7. The zero-order valence-corrected chi connectivity index (χ0v) is 20.5. The molecule has 1 fully saturated rings. The Kier molecular flexibility index (Phi) is 6.51. The molecule has 5 rings (SSSR count). The fourth-order valence-electron chi connectivity index (χ4n) is 4.47. The van der Waals surface area contributed by atoms with Gasteiger partial charge in [0.15, 0.2) is 0 Å². The molecule has 0 aliphatic heterocycles. The van der Waals surface area contributed by atoms with Gasteiger partial charge in [-0.3, -0.25) is 9.59 Å². The Bertz CT molecular complexity index is 1410. The van der Waals surface area contributed by atoms with Crippen LogP contribution in [0.2, 0.25) is 0 Å². The molecule has 1 aliphatic rings. The van der Waals surface area contributed by atoms with Crippen LogP contribution < -0.4 is 5.32 Å². The summed E-state index contributed by atoms with van der Waals surface area (Å²) >= 11 is 0. The summed E-state index contributed by atoms with van der Waals surface area (Å²) in [6.07, 6.45) is 3.34. The summed E-state index contributed by atoms with van der Waals surface area (Å²) in [5.74, 6) is 1.57. The number of rotatable bonds is 8. The lowest BCUT2D eigenvalue weighted by atomic mass is 9.85. The molecule has 4 aromatic rings. The van der Waals surface area contributed by atoms with Gasteiger partial charge < -0.3 is 24.0 Å². The molecule has 2 heterocycles. The molecular formula is C26H28N6O4. The third kappa shape index (κ3) is 4.59. The average Bonchev–Trinajstić information content (AvgIpc) is 3.42. The fraction of sp³-hybridized carbons (Fsp3) is 0.346. The van der Waals surface area contributed by atoms with Gasteiger partial charge in [0.2, 0.25) is 17.6 Å². The van der Waals surface area contributed by atoms with Gasteiger partial charge in [-0.15, -0.1) is 0 Å². The lowest BCUT2D eigenvalue weighted by Crippen LogP contribution is -2.27. The van der Waals surface area contributed by atoms with E-state index in [1.807, 2.05) is 41.9 Å². The Balaban J connectivity index is 1.46. The molecule has 0 saturated heterocycles. The number of fused-ring (bicyclic) bond motifs is 1. The number of amides is 2. The van der Waals surface area contributed by atoms with Gasteiger partial charge in [-0.2, -0.15) is 4.98 Å². The van der Waals surface area contributed by atoms with Gasteiger partial charge in [-0.25, -0.2) is 4.98 Å².